The number of benzene rings is 1. The van der Waals surface area contributed by atoms with E-state index in [1.54, 1.807) is 0 Å². The molecule has 1 aromatic heterocycles. The van der Waals surface area contributed by atoms with Crippen molar-refractivity contribution >= 4 is 11.8 Å². The highest BCUT2D eigenvalue weighted by Crippen LogP contribution is 2.38. The summed E-state index contributed by atoms with van der Waals surface area (Å²) in [5.41, 5.74) is 1.53. The fraction of sp³-hybridized carbons (Fsp3) is 0.438. The minimum atomic E-state index is 0.685. The summed E-state index contributed by atoms with van der Waals surface area (Å²) in [6.07, 6.45) is 8.19. The lowest BCUT2D eigenvalue weighted by Crippen LogP contribution is -2.22. The Kier molecular flexibility index (Phi) is 4.77. The molecule has 1 aliphatic rings. The Labute approximate surface area is 124 Å². The molecule has 2 aromatic rings. The van der Waals surface area contributed by atoms with Crippen molar-refractivity contribution in [3.63, 3.8) is 0 Å². The van der Waals surface area contributed by atoms with Crippen LogP contribution in [0, 0.1) is 0 Å². The number of unbranched alkanes of at least 4 members (excludes halogenated alkanes) is 1. The molecule has 0 saturated carbocycles. The maximum Gasteiger partial charge on any atom is 0.0945 e. The van der Waals surface area contributed by atoms with E-state index in [9.17, 15) is 0 Å². The minimum Gasteiger partial charge on any atom is -0.337 e. The van der Waals surface area contributed by atoms with Crippen LogP contribution in [0.1, 0.15) is 24.3 Å². The van der Waals surface area contributed by atoms with Gasteiger partial charge in [0.15, 0.2) is 0 Å². The number of hydrogen-bond donors (Lipinski definition) is 1. The first kappa shape index (κ1) is 13.7. The summed E-state index contributed by atoms with van der Waals surface area (Å²) in [5.74, 6) is 1.91. The maximum atomic E-state index is 4.06. The molecule has 2 heterocycles. The second-order valence-corrected chi connectivity index (χ2v) is 6.32. The van der Waals surface area contributed by atoms with E-state index in [2.05, 4.69) is 39.1 Å². The number of rotatable bonds is 7. The van der Waals surface area contributed by atoms with Gasteiger partial charge in [-0.05, 0) is 31.0 Å². The van der Waals surface area contributed by atoms with E-state index >= 15 is 0 Å². The number of hydrogen-bond acceptors (Lipinski definition) is 3. The third kappa shape index (κ3) is 3.44. The summed E-state index contributed by atoms with van der Waals surface area (Å²) in [7, 11) is 0. The molecule has 0 fully saturated rings. The Hall–Kier alpha value is -1.26. The predicted molar refractivity (Wildman–Crippen MR) is 84.2 cm³/mol. The van der Waals surface area contributed by atoms with Crippen LogP contribution in [0.2, 0.25) is 0 Å². The summed E-state index contributed by atoms with van der Waals surface area (Å²) in [6.45, 7) is 3.29. The summed E-state index contributed by atoms with van der Waals surface area (Å²) >= 11 is 1.99. The topological polar surface area (TPSA) is 29.9 Å². The normalized spacial score (nSPS) is 17.3. The monoisotopic (exact) mass is 287 g/mol. The van der Waals surface area contributed by atoms with E-state index < -0.39 is 0 Å². The van der Waals surface area contributed by atoms with E-state index in [-0.39, 0.29) is 0 Å². The van der Waals surface area contributed by atoms with Crippen LogP contribution in [0.4, 0.5) is 0 Å². The van der Waals surface area contributed by atoms with Gasteiger partial charge in [0, 0.05) is 42.0 Å². The molecule has 3 rings (SSSR count). The molecular weight excluding hydrogens is 266 g/mol. The Morgan fingerprint density at radius 3 is 3.15 bits per heavy atom. The number of nitrogens with zero attached hydrogens (tertiary/aromatic N) is 2. The van der Waals surface area contributed by atoms with Crippen LogP contribution >= 0.6 is 11.8 Å². The summed E-state index contributed by atoms with van der Waals surface area (Å²) < 4.78 is 2.14. The first-order valence-corrected chi connectivity index (χ1v) is 8.30. The molecule has 0 bridgehead atoms. The van der Waals surface area contributed by atoms with Gasteiger partial charge in [-0.2, -0.15) is 0 Å². The van der Waals surface area contributed by atoms with Gasteiger partial charge in [-0.25, -0.2) is 4.98 Å². The van der Waals surface area contributed by atoms with E-state index in [1.165, 1.54) is 29.1 Å². The molecule has 106 valence electrons. The lowest BCUT2D eigenvalue weighted by Gasteiger charge is -2.12. The van der Waals surface area contributed by atoms with Crippen molar-refractivity contribution in [1.82, 2.24) is 14.9 Å². The molecule has 0 saturated heterocycles. The van der Waals surface area contributed by atoms with Crippen LogP contribution in [0.25, 0.3) is 0 Å². The Bertz CT molecular complexity index is 524. The fourth-order valence-corrected chi connectivity index (χ4v) is 3.89. The average molecular weight is 287 g/mol. The third-order valence-corrected chi connectivity index (χ3v) is 5.02. The van der Waals surface area contributed by atoms with Crippen molar-refractivity contribution in [2.75, 3.05) is 18.8 Å². The smallest absolute Gasteiger partial charge is 0.0945 e. The zero-order valence-corrected chi connectivity index (χ0v) is 12.5. The van der Waals surface area contributed by atoms with Gasteiger partial charge < -0.3 is 9.88 Å². The first-order chi connectivity index (χ1) is 9.93. The highest BCUT2D eigenvalue weighted by Gasteiger charge is 2.21. The van der Waals surface area contributed by atoms with Gasteiger partial charge in [0.05, 0.1) is 6.33 Å². The van der Waals surface area contributed by atoms with Crippen LogP contribution < -0.4 is 5.32 Å². The van der Waals surface area contributed by atoms with Crippen LogP contribution in [0.15, 0.2) is 47.9 Å². The van der Waals surface area contributed by atoms with Crippen molar-refractivity contribution in [2.24, 2.45) is 0 Å². The van der Waals surface area contributed by atoms with E-state index in [0.717, 1.165) is 19.6 Å². The molecule has 20 heavy (non-hydrogen) atoms. The molecule has 0 spiro atoms. The molecular formula is C16H21N3S. The van der Waals surface area contributed by atoms with Gasteiger partial charge >= 0.3 is 0 Å². The average Bonchev–Trinajstić information content (AvgIpc) is 3.12. The zero-order valence-electron chi connectivity index (χ0n) is 11.7. The SMILES string of the molecule is c1ccc2c(c1)SCC2CNCCCCn1ccnc1. The van der Waals surface area contributed by atoms with Crippen molar-refractivity contribution in [3.05, 3.63) is 48.5 Å². The van der Waals surface area contributed by atoms with E-state index in [4.69, 9.17) is 0 Å². The molecule has 0 aliphatic carbocycles. The number of imidazole rings is 1. The zero-order chi connectivity index (χ0) is 13.6. The molecule has 3 nitrogen and oxygen atoms in total. The standard InChI is InChI=1S/C16H21N3S/c1-2-6-16-15(5-1)14(12-20-16)11-17-7-3-4-9-19-10-8-18-13-19/h1-2,5-6,8,10,13-14,17H,3-4,7,9,11-12H2. The van der Waals surface area contributed by atoms with Crippen molar-refractivity contribution in [1.29, 1.82) is 0 Å². The van der Waals surface area contributed by atoms with Crippen LogP contribution in [-0.4, -0.2) is 28.4 Å². The third-order valence-electron chi connectivity index (χ3n) is 3.77. The van der Waals surface area contributed by atoms with Crippen molar-refractivity contribution < 1.29 is 0 Å². The minimum absolute atomic E-state index is 0.685. The molecule has 0 radical (unpaired) electrons. The van der Waals surface area contributed by atoms with Crippen LogP contribution in [0.3, 0.4) is 0 Å². The quantitative estimate of drug-likeness (QED) is 0.793. The number of fused-ring (bicyclic) bond motifs is 1. The van der Waals surface area contributed by atoms with Gasteiger partial charge in [-0.1, -0.05) is 18.2 Å². The van der Waals surface area contributed by atoms with Crippen LogP contribution in [-0.2, 0) is 6.54 Å². The van der Waals surface area contributed by atoms with E-state index in [0.29, 0.717) is 5.92 Å². The lowest BCUT2D eigenvalue weighted by atomic mass is 10.0. The second-order valence-electron chi connectivity index (χ2n) is 5.26. The van der Waals surface area contributed by atoms with E-state index in [1.807, 2.05) is 30.5 Å². The summed E-state index contributed by atoms with van der Waals surface area (Å²) in [6, 6.07) is 8.81. The Morgan fingerprint density at radius 1 is 1.30 bits per heavy atom. The highest BCUT2D eigenvalue weighted by molar-refractivity contribution is 7.99. The molecule has 1 aromatic carbocycles. The maximum absolute atomic E-state index is 4.06. The van der Waals surface area contributed by atoms with Crippen molar-refractivity contribution in [2.45, 2.75) is 30.2 Å². The molecule has 1 unspecified atom stereocenters. The van der Waals surface area contributed by atoms with Gasteiger partial charge in [0.1, 0.15) is 0 Å². The van der Waals surface area contributed by atoms with Gasteiger partial charge in [-0.15, -0.1) is 11.8 Å². The van der Waals surface area contributed by atoms with Crippen molar-refractivity contribution in [3.8, 4) is 0 Å². The lowest BCUT2D eigenvalue weighted by molar-refractivity contribution is 0.552. The number of aryl methyl sites for hydroxylation is 1. The Morgan fingerprint density at radius 2 is 2.25 bits per heavy atom. The number of aromatic nitrogens is 2. The Balaban J connectivity index is 1.33. The van der Waals surface area contributed by atoms with Gasteiger partial charge in [0.25, 0.3) is 0 Å². The summed E-state index contributed by atoms with van der Waals surface area (Å²) in [5, 5.41) is 3.61. The second kappa shape index (κ2) is 6.95. The molecule has 1 atom stereocenters. The fourth-order valence-electron chi connectivity index (χ4n) is 2.64. The predicted octanol–water partition coefficient (Wildman–Crippen LogP) is 3.14. The van der Waals surface area contributed by atoms with Gasteiger partial charge in [-0.3, -0.25) is 0 Å². The molecule has 4 heteroatoms. The number of thioether (sulfide) groups is 1. The molecule has 0 amide bonds. The largest absolute Gasteiger partial charge is 0.337 e. The molecule has 1 N–H and O–H groups in total. The first-order valence-electron chi connectivity index (χ1n) is 7.31. The summed E-state index contributed by atoms with van der Waals surface area (Å²) in [4.78, 5) is 5.53. The van der Waals surface area contributed by atoms with Gasteiger partial charge in [0.2, 0.25) is 0 Å². The number of nitrogens with one attached hydrogen (secondary N) is 1. The molecule has 1 aliphatic heterocycles. The van der Waals surface area contributed by atoms with Crippen LogP contribution in [0.5, 0.6) is 0 Å². The highest BCUT2D eigenvalue weighted by atomic mass is 32.2.